The monoisotopic (exact) mass is 686 g/mol. The van der Waals surface area contributed by atoms with Crippen molar-refractivity contribution in [3.05, 3.63) is 119 Å². The first-order valence-electron chi connectivity index (χ1n) is 15.8. The molecule has 0 fully saturated rings. The Morgan fingerprint density at radius 1 is 0.898 bits per heavy atom. The summed E-state index contributed by atoms with van der Waals surface area (Å²) in [5.41, 5.74) is 2.58. The Morgan fingerprint density at radius 2 is 1.61 bits per heavy atom. The van der Waals surface area contributed by atoms with Crippen molar-refractivity contribution in [1.82, 2.24) is 9.29 Å². The number of esters is 1. The summed E-state index contributed by atoms with van der Waals surface area (Å²) in [6, 6.07) is 23.6. The van der Waals surface area contributed by atoms with Gasteiger partial charge < -0.3 is 19.5 Å². The van der Waals surface area contributed by atoms with Crippen LogP contribution in [0.5, 0.6) is 5.75 Å². The third-order valence-electron chi connectivity index (χ3n) is 7.61. The van der Waals surface area contributed by atoms with Gasteiger partial charge in [-0.1, -0.05) is 54.1 Å². The van der Waals surface area contributed by atoms with E-state index in [0.29, 0.717) is 33.3 Å². The second kappa shape index (κ2) is 14.5. The molecule has 0 spiro atoms. The zero-order valence-electron chi connectivity index (χ0n) is 28.1. The quantitative estimate of drug-likeness (QED) is 0.142. The number of carbonyl (C=O) groups excluding carboxylic acids is 2. The molecule has 49 heavy (non-hydrogen) atoms. The van der Waals surface area contributed by atoms with E-state index in [0.717, 1.165) is 5.56 Å². The second-order valence-corrected chi connectivity index (χ2v) is 14.3. The molecule has 1 amide bonds. The smallest absolute Gasteiger partial charge is 0.407 e. The maximum absolute atomic E-state index is 16.2. The van der Waals surface area contributed by atoms with Crippen molar-refractivity contribution in [1.29, 1.82) is 0 Å². The van der Waals surface area contributed by atoms with Crippen LogP contribution < -0.4 is 10.1 Å². The first-order chi connectivity index (χ1) is 23.3. The van der Waals surface area contributed by atoms with Crippen LogP contribution in [-0.2, 0) is 43.9 Å². The van der Waals surface area contributed by atoms with E-state index in [4.69, 9.17) is 14.2 Å². The Hall–Kier alpha value is -5.16. The second-order valence-electron chi connectivity index (χ2n) is 12.5. The van der Waals surface area contributed by atoms with E-state index >= 15 is 4.39 Å². The van der Waals surface area contributed by atoms with Gasteiger partial charge in [-0.2, -0.15) is 0 Å². The Kier molecular flexibility index (Phi) is 10.4. The Bertz CT molecular complexity index is 2100. The summed E-state index contributed by atoms with van der Waals surface area (Å²) in [7, 11) is -4.03. The molecule has 5 aromatic rings. The van der Waals surface area contributed by atoms with Crippen molar-refractivity contribution in [3.8, 4) is 16.9 Å². The molecule has 0 bridgehead atoms. The molecule has 0 saturated heterocycles. The number of fused-ring (bicyclic) bond motifs is 1. The summed E-state index contributed by atoms with van der Waals surface area (Å²) in [6.45, 7) is 8.93. The lowest BCUT2D eigenvalue weighted by atomic mass is 9.97. The molecule has 1 heterocycles. The van der Waals surface area contributed by atoms with Crippen molar-refractivity contribution < 1.29 is 36.6 Å². The van der Waals surface area contributed by atoms with Crippen LogP contribution in [0.3, 0.4) is 0 Å². The first kappa shape index (κ1) is 35.2. The summed E-state index contributed by atoms with van der Waals surface area (Å²) in [4.78, 5) is 24.6. The standard InChI is InChI=1S/C38H39FN2O7S/c1-6-46-35(42)22-27-10-7-8-13-34(27)47-24-26-20-32(31-12-9-11-28(36(31)39)23-40-37(43)48-38(3,4)5)30-18-19-41(33(30)21-26)49(44,45)29-16-14-25(2)15-17-29/h7-21H,6,22-24H2,1-5H3,(H,40,43). The molecule has 1 N–H and O–H groups in total. The number of carbonyl (C=O) groups is 2. The largest absolute Gasteiger partial charge is 0.489 e. The summed E-state index contributed by atoms with van der Waals surface area (Å²) < 4.78 is 61.8. The van der Waals surface area contributed by atoms with Crippen molar-refractivity contribution in [3.63, 3.8) is 0 Å². The number of para-hydroxylation sites is 1. The fourth-order valence-electron chi connectivity index (χ4n) is 5.34. The van der Waals surface area contributed by atoms with E-state index in [1.165, 1.54) is 10.2 Å². The van der Waals surface area contributed by atoms with Gasteiger partial charge in [-0.25, -0.2) is 21.6 Å². The molecule has 0 aliphatic rings. The van der Waals surface area contributed by atoms with Gasteiger partial charge in [-0.15, -0.1) is 0 Å². The van der Waals surface area contributed by atoms with Crippen LogP contribution in [0.4, 0.5) is 9.18 Å². The molecule has 0 unspecified atom stereocenters. The first-order valence-corrected chi connectivity index (χ1v) is 17.3. The molecule has 4 aromatic carbocycles. The number of benzene rings is 4. The third kappa shape index (κ3) is 8.29. The Labute approximate surface area is 285 Å². The topological polar surface area (TPSA) is 113 Å². The molecule has 256 valence electrons. The van der Waals surface area contributed by atoms with Gasteiger partial charge in [0.2, 0.25) is 0 Å². The van der Waals surface area contributed by atoms with E-state index in [1.807, 2.05) is 6.92 Å². The number of rotatable bonds is 11. The predicted molar refractivity (Wildman–Crippen MR) is 185 cm³/mol. The van der Waals surface area contributed by atoms with Crippen molar-refractivity contribution in [2.24, 2.45) is 0 Å². The number of aryl methyl sites for hydroxylation is 1. The minimum atomic E-state index is -4.03. The fourth-order valence-corrected chi connectivity index (χ4v) is 6.68. The number of nitrogens with one attached hydrogen (secondary N) is 1. The van der Waals surface area contributed by atoms with Crippen molar-refractivity contribution >= 4 is 33.0 Å². The lowest BCUT2D eigenvalue weighted by Crippen LogP contribution is -2.32. The number of aromatic nitrogens is 1. The third-order valence-corrected chi connectivity index (χ3v) is 9.31. The molecule has 11 heteroatoms. The van der Waals surface area contributed by atoms with E-state index in [1.54, 1.807) is 113 Å². The zero-order valence-corrected chi connectivity index (χ0v) is 28.9. The molecule has 0 radical (unpaired) electrons. The highest BCUT2D eigenvalue weighted by molar-refractivity contribution is 7.90. The summed E-state index contributed by atoms with van der Waals surface area (Å²) in [5, 5.41) is 3.10. The number of hydrogen-bond acceptors (Lipinski definition) is 7. The Balaban J connectivity index is 1.57. The summed E-state index contributed by atoms with van der Waals surface area (Å²) in [6.07, 6.45) is 0.788. The minimum absolute atomic E-state index is 0.0138. The predicted octanol–water partition coefficient (Wildman–Crippen LogP) is 7.70. The number of halogens is 1. The number of nitrogens with zero attached hydrogens (tertiary/aromatic N) is 1. The van der Waals surface area contributed by atoms with Gasteiger partial charge in [-0.05, 0) is 82.1 Å². The van der Waals surface area contributed by atoms with Crippen molar-refractivity contribution in [2.75, 3.05) is 6.61 Å². The van der Waals surface area contributed by atoms with Gasteiger partial charge in [0.1, 0.15) is 23.8 Å². The van der Waals surface area contributed by atoms with Crippen LogP contribution in [0.25, 0.3) is 22.0 Å². The lowest BCUT2D eigenvalue weighted by Gasteiger charge is -2.20. The highest BCUT2D eigenvalue weighted by Crippen LogP contribution is 2.36. The highest BCUT2D eigenvalue weighted by atomic mass is 32.2. The van der Waals surface area contributed by atoms with Gasteiger partial charge in [0.25, 0.3) is 10.0 Å². The summed E-state index contributed by atoms with van der Waals surface area (Å²) >= 11 is 0. The van der Waals surface area contributed by atoms with Gasteiger partial charge in [0, 0.05) is 34.8 Å². The van der Waals surface area contributed by atoms with Crippen LogP contribution in [-0.4, -0.2) is 36.7 Å². The lowest BCUT2D eigenvalue weighted by molar-refractivity contribution is -0.142. The molecule has 0 aliphatic heterocycles. The molecule has 9 nitrogen and oxygen atoms in total. The number of ether oxygens (including phenoxy) is 3. The minimum Gasteiger partial charge on any atom is -0.489 e. The van der Waals surface area contributed by atoms with Crippen LogP contribution in [0, 0.1) is 12.7 Å². The van der Waals surface area contributed by atoms with Crippen LogP contribution in [0.15, 0.2) is 96.0 Å². The van der Waals surface area contributed by atoms with E-state index in [9.17, 15) is 18.0 Å². The van der Waals surface area contributed by atoms with E-state index in [2.05, 4.69) is 5.32 Å². The number of hydrogen-bond donors (Lipinski definition) is 1. The maximum Gasteiger partial charge on any atom is 0.407 e. The highest BCUT2D eigenvalue weighted by Gasteiger charge is 2.23. The van der Waals surface area contributed by atoms with Gasteiger partial charge in [0.05, 0.1) is 23.4 Å². The molecule has 0 aliphatic carbocycles. The SMILES string of the molecule is CCOC(=O)Cc1ccccc1OCc1cc(-c2cccc(CNC(=O)OC(C)(C)C)c2F)c2ccn(S(=O)(=O)c3ccc(C)cc3)c2c1. The maximum atomic E-state index is 16.2. The van der Waals surface area contributed by atoms with Gasteiger partial charge in [-0.3, -0.25) is 4.79 Å². The number of alkyl carbamates (subject to hydrolysis) is 1. The van der Waals surface area contributed by atoms with Crippen molar-refractivity contribution in [2.45, 2.75) is 64.7 Å². The van der Waals surface area contributed by atoms with Gasteiger partial charge >= 0.3 is 12.1 Å². The summed E-state index contributed by atoms with van der Waals surface area (Å²) in [5.74, 6) is -0.508. The number of amides is 1. The molecule has 5 rings (SSSR count). The van der Waals surface area contributed by atoms with Gasteiger partial charge in [0.15, 0.2) is 0 Å². The van der Waals surface area contributed by atoms with Crippen LogP contribution in [0.2, 0.25) is 0 Å². The van der Waals surface area contributed by atoms with Crippen LogP contribution in [0.1, 0.15) is 49.9 Å². The average Bonchev–Trinajstić information content (AvgIpc) is 3.48. The molecular weight excluding hydrogens is 647 g/mol. The average molecular weight is 687 g/mol. The Morgan fingerprint density at radius 3 is 2.33 bits per heavy atom. The zero-order chi connectivity index (χ0) is 35.3. The molecule has 1 aromatic heterocycles. The fraction of sp³-hybridized carbons (Fsp3) is 0.263. The normalized spacial score (nSPS) is 11.7. The molecule has 0 atom stereocenters. The molecular formula is C38H39FN2O7S. The van der Waals surface area contributed by atoms with E-state index in [-0.39, 0.29) is 42.2 Å². The van der Waals surface area contributed by atoms with Crippen LogP contribution >= 0.6 is 0 Å². The van der Waals surface area contributed by atoms with E-state index < -0.39 is 33.5 Å². The molecule has 0 saturated carbocycles.